The average molecular weight is 468 g/mol. The molecule has 1 unspecified atom stereocenters. The highest BCUT2D eigenvalue weighted by Crippen LogP contribution is 2.40. The van der Waals surface area contributed by atoms with Gasteiger partial charge in [-0.05, 0) is 63.4 Å². The summed E-state index contributed by atoms with van der Waals surface area (Å²) >= 11 is 0. The number of amides is 1. The molecule has 1 aliphatic carbocycles. The Hall–Kier alpha value is -2.62. The number of hydrogen-bond donors (Lipinski definition) is 1. The van der Waals surface area contributed by atoms with E-state index in [-0.39, 0.29) is 24.1 Å². The minimum absolute atomic E-state index is 0.100. The molecule has 6 nitrogen and oxygen atoms in total. The second-order valence-electron chi connectivity index (χ2n) is 9.38. The van der Waals surface area contributed by atoms with Crippen molar-refractivity contribution in [3.8, 4) is 0 Å². The van der Waals surface area contributed by atoms with Gasteiger partial charge in [-0.2, -0.15) is 13.2 Å². The second-order valence-corrected chi connectivity index (χ2v) is 9.38. The van der Waals surface area contributed by atoms with Crippen LogP contribution in [0.1, 0.15) is 36.4 Å². The minimum atomic E-state index is -4.92. The van der Waals surface area contributed by atoms with E-state index in [1.807, 2.05) is 29.2 Å². The van der Waals surface area contributed by atoms with Crippen LogP contribution in [0, 0.1) is 18.7 Å². The smallest absolute Gasteiger partial charge is 0.369 e. The van der Waals surface area contributed by atoms with Gasteiger partial charge >= 0.3 is 12.1 Å². The number of benzene rings is 1. The van der Waals surface area contributed by atoms with Gasteiger partial charge in [0, 0.05) is 43.7 Å². The molecular weight excluding hydrogens is 440 g/mol. The summed E-state index contributed by atoms with van der Waals surface area (Å²) in [4.78, 5) is 27.8. The highest BCUT2D eigenvalue weighted by atomic mass is 19.4. The Morgan fingerprint density at radius 1 is 1.21 bits per heavy atom. The molecule has 1 saturated heterocycles. The molecule has 0 spiro atoms. The van der Waals surface area contributed by atoms with Crippen molar-refractivity contribution >= 4 is 22.5 Å². The van der Waals surface area contributed by atoms with Gasteiger partial charge in [0.25, 0.3) is 5.56 Å². The van der Waals surface area contributed by atoms with Crippen LogP contribution in [-0.4, -0.2) is 55.3 Å². The summed E-state index contributed by atoms with van der Waals surface area (Å²) < 4.78 is 54.6. The van der Waals surface area contributed by atoms with Crippen LogP contribution in [0.5, 0.6) is 0 Å². The van der Waals surface area contributed by atoms with Crippen molar-refractivity contribution in [2.45, 2.75) is 44.9 Å². The van der Waals surface area contributed by atoms with Gasteiger partial charge in [-0.3, -0.25) is 9.59 Å². The molecular formula is C23H28F4N4O2. The highest BCUT2D eigenvalue weighted by Gasteiger charge is 2.39. The van der Waals surface area contributed by atoms with Crippen molar-refractivity contribution in [2.75, 3.05) is 38.6 Å². The average Bonchev–Trinajstić information content (AvgIpc) is 3.43. The lowest BCUT2D eigenvalue weighted by Crippen LogP contribution is -2.39. The van der Waals surface area contributed by atoms with E-state index in [2.05, 4.69) is 0 Å². The van der Waals surface area contributed by atoms with Gasteiger partial charge in [0.15, 0.2) is 0 Å². The van der Waals surface area contributed by atoms with Crippen molar-refractivity contribution in [3.63, 3.8) is 0 Å². The number of hydrogen-bond acceptors (Lipinski definition) is 4. The number of halogens is 4. The first-order valence-corrected chi connectivity index (χ1v) is 11.1. The molecule has 1 aromatic carbocycles. The molecule has 10 heteroatoms. The van der Waals surface area contributed by atoms with Gasteiger partial charge in [0.05, 0.1) is 11.2 Å². The van der Waals surface area contributed by atoms with Crippen LogP contribution < -0.4 is 15.8 Å². The first-order valence-electron chi connectivity index (χ1n) is 11.1. The molecule has 0 radical (unpaired) electrons. The molecule has 180 valence electrons. The van der Waals surface area contributed by atoms with Crippen LogP contribution in [0.3, 0.4) is 0 Å². The number of carbonyl (C=O) groups is 1. The molecule has 4 rings (SSSR count). The molecule has 0 bridgehead atoms. The van der Waals surface area contributed by atoms with Gasteiger partial charge < -0.3 is 19.7 Å². The van der Waals surface area contributed by atoms with E-state index in [4.69, 9.17) is 0 Å². The van der Waals surface area contributed by atoms with E-state index in [1.54, 1.807) is 17.6 Å². The van der Waals surface area contributed by atoms with Crippen LogP contribution in [0.15, 0.2) is 16.9 Å². The first-order chi connectivity index (χ1) is 15.5. The summed E-state index contributed by atoms with van der Waals surface area (Å²) in [5.41, 5.74) is 2.43. The molecule has 1 N–H and O–H groups in total. The maximum Gasteiger partial charge on any atom is 0.471 e. The quantitative estimate of drug-likeness (QED) is 0.661. The Balaban J connectivity index is 1.69. The fraction of sp³-hybridized carbons (Fsp3) is 0.565. The maximum atomic E-state index is 15.4. The highest BCUT2D eigenvalue weighted by molar-refractivity contribution is 5.90. The Kier molecular flexibility index (Phi) is 6.15. The molecule has 1 amide bonds. The van der Waals surface area contributed by atoms with Gasteiger partial charge in [0.2, 0.25) is 0 Å². The summed E-state index contributed by atoms with van der Waals surface area (Å²) in [6.45, 7) is 2.97. The number of carbonyl (C=O) groups excluding carboxylic acids is 1. The molecule has 1 saturated carbocycles. The molecule has 2 aromatic rings. The van der Waals surface area contributed by atoms with E-state index in [0.717, 1.165) is 23.9 Å². The molecule has 1 atom stereocenters. The van der Waals surface area contributed by atoms with Gasteiger partial charge in [-0.1, -0.05) is 0 Å². The molecule has 2 fully saturated rings. The number of aryl methyl sites for hydroxylation is 1. The normalized spacial score (nSPS) is 19.0. The lowest BCUT2D eigenvalue weighted by atomic mass is 10.0. The number of nitrogens with zero attached hydrogens (tertiary/aromatic N) is 3. The maximum absolute atomic E-state index is 15.4. The van der Waals surface area contributed by atoms with Crippen LogP contribution in [-0.2, 0) is 11.3 Å². The SMILES string of the molecule is Cc1c(N2CCC(CNC(=O)C(F)(F)F)C2)c(F)cc2c(CN(C)C)cc(=O)n(C3CC3)c12. The van der Waals surface area contributed by atoms with Crippen LogP contribution >= 0.6 is 0 Å². The van der Waals surface area contributed by atoms with E-state index in [1.165, 1.54) is 6.07 Å². The number of pyridine rings is 1. The van der Waals surface area contributed by atoms with Gasteiger partial charge in [-0.15, -0.1) is 0 Å². The molecule has 33 heavy (non-hydrogen) atoms. The molecule has 2 aliphatic rings. The van der Waals surface area contributed by atoms with E-state index in [9.17, 15) is 22.8 Å². The predicted octanol–water partition coefficient (Wildman–Crippen LogP) is 3.35. The zero-order valence-corrected chi connectivity index (χ0v) is 18.9. The lowest BCUT2D eigenvalue weighted by molar-refractivity contribution is -0.173. The Bertz CT molecular complexity index is 1140. The fourth-order valence-corrected chi connectivity index (χ4v) is 4.81. The van der Waals surface area contributed by atoms with E-state index in [0.29, 0.717) is 42.7 Å². The Morgan fingerprint density at radius 3 is 2.52 bits per heavy atom. The third-order valence-corrected chi connectivity index (χ3v) is 6.39. The molecule has 1 aliphatic heterocycles. The third kappa shape index (κ3) is 4.71. The van der Waals surface area contributed by atoms with Crippen molar-refractivity contribution in [2.24, 2.45) is 5.92 Å². The largest absolute Gasteiger partial charge is 0.471 e. The van der Waals surface area contributed by atoms with Crippen molar-refractivity contribution < 1.29 is 22.4 Å². The van der Waals surface area contributed by atoms with Crippen molar-refractivity contribution in [1.29, 1.82) is 0 Å². The number of rotatable bonds is 6. The molecule has 2 heterocycles. The van der Waals surface area contributed by atoms with Crippen LogP contribution in [0.4, 0.5) is 23.2 Å². The Labute approximate surface area is 189 Å². The topological polar surface area (TPSA) is 57.6 Å². The van der Waals surface area contributed by atoms with Crippen LogP contribution in [0.2, 0.25) is 0 Å². The number of nitrogens with one attached hydrogen (secondary N) is 1. The predicted molar refractivity (Wildman–Crippen MR) is 118 cm³/mol. The number of fused-ring (bicyclic) bond motifs is 1. The third-order valence-electron chi connectivity index (χ3n) is 6.39. The molecule has 1 aromatic heterocycles. The zero-order chi connectivity index (χ0) is 24.1. The number of anilines is 1. The van der Waals surface area contributed by atoms with E-state index >= 15 is 4.39 Å². The first kappa shape index (κ1) is 23.5. The van der Waals surface area contributed by atoms with Crippen molar-refractivity contribution in [1.82, 2.24) is 14.8 Å². The summed E-state index contributed by atoms with van der Waals surface area (Å²) in [7, 11) is 3.77. The standard InChI is InChI=1S/C23H28F4N4O2/c1-13-20-17(15(12-29(2)3)8-19(32)31(20)16-4-5-16)9-18(24)21(13)30-7-6-14(11-30)10-28-22(33)23(25,26)27/h8-9,14,16H,4-7,10-12H2,1-3H3,(H,28,33). The van der Waals surface area contributed by atoms with E-state index < -0.39 is 17.9 Å². The van der Waals surface area contributed by atoms with Gasteiger partial charge in [-0.25, -0.2) is 4.39 Å². The van der Waals surface area contributed by atoms with Crippen LogP contribution in [0.25, 0.3) is 10.9 Å². The second kappa shape index (κ2) is 8.62. The summed E-state index contributed by atoms with van der Waals surface area (Å²) in [6, 6.07) is 3.18. The number of aromatic nitrogens is 1. The summed E-state index contributed by atoms with van der Waals surface area (Å²) in [5.74, 6) is -2.60. The fourth-order valence-electron chi connectivity index (χ4n) is 4.81. The lowest BCUT2D eigenvalue weighted by Gasteiger charge is -2.25. The van der Waals surface area contributed by atoms with Gasteiger partial charge in [0.1, 0.15) is 5.82 Å². The monoisotopic (exact) mass is 468 g/mol. The summed E-state index contributed by atoms with van der Waals surface area (Å²) in [6.07, 6.45) is -2.58. The summed E-state index contributed by atoms with van der Waals surface area (Å²) in [5, 5.41) is 2.64. The minimum Gasteiger partial charge on any atom is -0.369 e. The van der Waals surface area contributed by atoms with Crippen molar-refractivity contribution in [3.05, 3.63) is 39.4 Å². The Morgan fingerprint density at radius 2 is 1.91 bits per heavy atom. The zero-order valence-electron chi connectivity index (χ0n) is 18.9. The number of alkyl halides is 3.